The smallest absolute Gasteiger partial charge is 0.225 e. The number of rotatable bonds is 3. The molecule has 2 heterocycles. The Kier molecular flexibility index (Phi) is 3.66. The molecule has 1 aromatic heterocycles. The molecule has 0 radical (unpaired) electrons. The van der Waals surface area contributed by atoms with Crippen molar-refractivity contribution in [3.8, 4) is 5.75 Å². The Bertz CT molecular complexity index is 584. The fraction of sp³-hybridized carbons (Fsp3) is 0.667. The van der Waals surface area contributed by atoms with Gasteiger partial charge in [0.05, 0.1) is 7.11 Å². The van der Waals surface area contributed by atoms with Gasteiger partial charge in [-0.3, -0.25) is 4.79 Å². The molecule has 124 valence electrons. The second kappa shape index (κ2) is 5.69. The minimum Gasteiger partial charge on any atom is -0.497 e. The van der Waals surface area contributed by atoms with Crippen molar-refractivity contribution in [3.05, 3.63) is 18.3 Å². The van der Waals surface area contributed by atoms with Crippen LogP contribution in [-0.2, 0) is 4.79 Å². The highest BCUT2D eigenvalue weighted by atomic mass is 16.5. The topological polar surface area (TPSA) is 45.7 Å². The first-order valence-electron chi connectivity index (χ1n) is 8.73. The molecule has 5 heteroatoms. The first kappa shape index (κ1) is 14.8. The molecule has 0 aromatic carbocycles. The summed E-state index contributed by atoms with van der Waals surface area (Å²) >= 11 is 0. The SMILES string of the molecule is COc1ccnc(N2CCN(C(=O)C3CC4(CCC4)C3)CC2)c1. The number of hydrogen-bond acceptors (Lipinski definition) is 4. The van der Waals surface area contributed by atoms with E-state index in [0.29, 0.717) is 17.2 Å². The van der Waals surface area contributed by atoms with E-state index in [2.05, 4.69) is 14.8 Å². The van der Waals surface area contributed by atoms with E-state index in [4.69, 9.17) is 4.74 Å². The molecule has 0 N–H and O–H groups in total. The van der Waals surface area contributed by atoms with Crippen LogP contribution in [0.15, 0.2) is 18.3 Å². The molecule has 5 nitrogen and oxygen atoms in total. The van der Waals surface area contributed by atoms with Gasteiger partial charge in [-0.1, -0.05) is 6.42 Å². The van der Waals surface area contributed by atoms with Crippen LogP contribution in [0.3, 0.4) is 0 Å². The Morgan fingerprint density at radius 3 is 2.61 bits per heavy atom. The van der Waals surface area contributed by atoms with Gasteiger partial charge in [-0.2, -0.15) is 0 Å². The van der Waals surface area contributed by atoms with Gasteiger partial charge in [0.2, 0.25) is 5.91 Å². The van der Waals surface area contributed by atoms with Gasteiger partial charge in [-0.05, 0) is 37.2 Å². The van der Waals surface area contributed by atoms with E-state index in [9.17, 15) is 4.79 Å². The van der Waals surface area contributed by atoms with Crippen molar-refractivity contribution < 1.29 is 9.53 Å². The van der Waals surface area contributed by atoms with Crippen LogP contribution in [-0.4, -0.2) is 49.1 Å². The minimum absolute atomic E-state index is 0.303. The maximum absolute atomic E-state index is 12.6. The van der Waals surface area contributed by atoms with Crippen molar-refractivity contribution in [1.82, 2.24) is 9.88 Å². The lowest BCUT2D eigenvalue weighted by molar-refractivity contribution is -0.148. The highest BCUT2D eigenvalue weighted by molar-refractivity contribution is 5.80. The van der Waals surface area contributed by atoms with E-state index in [1.165, 1.54) is 19.3 Å². The highest BCUT2D eigenvalue weighted by Crippen LogP contribution is 2.58. The van der Waals surface area contributed by atoms with Crippen LogP contribution in [0.1, 0.15) is 32.1 Å². The van der Waals surface area contributed by atoms with E-state index in [-0.39, 0.29) is 0 Å². The largest absolute Gasteiger partial charge is 0.497 e. The van der Waals surface area contributed by atoms with E-state index in [0.717, 1.165) is 50.6 Å². The second-order valence-electron chi connectivity index (χ2n) is 7.32. The third-order valence-corrected chi connectivity index (χ3v) is 5.99. The third kappa shape index (κ3) is 2.66. The standard InChI is InChI=1S/C18H25N3O2/c1-23-15-3-6-19-16(11-15)20-7-9-21(10-8-20)17(22)14-12-18(13-14)4-2-5-18/h3,6,11,14H,2,4-5,7-10,12-13H2,1H3. The van der Waals surface area contributed by atoms with Gasteiger partial charge in [0.25, 0.3) is 0 Å². The summed E-state index contributed by atoms with van der Waals surface area (Å²) in [6, 6.07) is 3.82. The first-order valence-corrected chi connectivity index (χ1v) is 8.73. The van der Waals surface area contributed by atoms with Gasteiger partial charge in [0, 0.05) is 44.4 Å². The van der Waals surface area contributed by atoms with Gasteiger partial charge < -0.3 is 14.5 Å². The number of aromatic nitrogens is 1. The lowest BCUT2D eigenvalue weighted by Gasteiger charge is -2.54. The summed E-state index contributed by atoms with van der Waals surface area (Å²) in [4.78, 5) is 21.3. The lowest BCUT2D eigenvalue weighted by Crippen LogP contribution is -2.55. The molecule has 1 spiro atoms. The first-order chi connectivity index (χ1) is 11.2. The summed E-state index contributed by atoms with van der Waals surface area (Å²) in [5.41, 5.74) is 0.576. The maximum atomic E-state index is 12.6. The maximum Gasteiger partial charge on any atom is 0.225 e. The summed E-state index contributed by atoms with van der Waals surface area (Å²) < 4.78 is 5.26. The molecule has 1 amide bonds. The van der Waals surface area contributed by atoms with Crippen LogP contribution in [0.25, 0.3) is 0 Å². The fourth-order valence-electron chi connectivity index (χ4n) is 4.36. The zero-order valence-corrected chi connectivity index (χ0v) is 13.8. The van der Waals surface area contributed by atoms with Gasteiger partial charge in [0.1, 0.15) is 11.6 Å². The number of carbonyl (C=O) groups excluding carboxylic acids is 1. The summed E-state index contributed by atoms with van der Waals surface area (Å²) in [6.45, 7) is 3.32. The van der Waals surface area contributed by atoms with Crippen molar-refractivity contribution in [2.45, 2.75) is 32.1 Å². The fourth-order valence-corrected chi connectivity index (χ4v) is 4.36. The van der Waals surface area contributed by atoms with E-state index in [1.54, 1.807) is 13.3 Å². The molecular weight excluding hydrogens is 290 g/mol. The van der Waals surface area contributed by atoms with Gasteiger partial charge in [0.15, 0.2) is 0 Å². The molecule has 2 aliphatic carbocycles. The van der Waals surface area contributed by atoms with Crippen LogP contribution >= 0.6 is 0 Å². The molecule has 23 heavy (non-hydrogen) atoms. The van der Waals surface area contributed by atoms with Gasteiger partial charge in [-0.25, -0.2) is 4.98 Å². The normalized spacial score (nSPS) is 23.3. The summed E-state index contributed by atoms with van der Waals surface area (Å²) in [5.74, 6) is 2.46. The number of nitrogens with zero attached hydrogens (tertiary/aromatic N) is 3. The Labute approximate surface area is 137 Å². The number of carbonyl (C=O) groups is 1. The molecule has 1 aliphatic heterocycles. The molecule has 4 rings (SSSR count). The number of methoxy groups -OCH3 is 1. The Hall–Kier alpha value is -1.78. The van der Waals surface area contributed by atoms with Crippen molar-refractivity contribution in [1.29, 1.82) is 0 Å². The summed E-state index contributed by atoms with van der Waals surface area (Å²) in [6.07, 6.45) is 8.14. The van der Waals surface area contributed by atoms with Crippen molar-refractivity contribution in [2.75, 3.05) is 38.2 Å². The van der Waals surface area contributed by atoms with E-state index in [1.807, 2.05) is 12.1 Å². The Balaban J connectivity index is 1.31. The van der Waals surface area contributed by atoms with Gasteiger partial charge in [-0.15, -0.1) is 0 Å². The summed E-state index contributed by atoms with van der Waals surface area (Å²) in [5, 5.41) is 0. The summed E-state index contributed by atoms with van der Waals surface area (Å²) in [7, 11) is 1.67. The molecule has 0 atom stereocenters. The molecule has 1 aromatic rings. The number of pyridine rings is 1. The predicted octanol–water partition coefficient (Wildman–Crippen LogP) is 2.32. The van der Waals surface area contributed by atoms with Crippen LogP contribution < -0.4 is 9.64 Å². The zero-order chi connectivity index (χ0) is 15.9. The number of amides is 1. The van der Waals surface area contributed by atoms with Crippen LogP contribution in [0.2, 0.25) is 0 Å². The van der Waals surface area contributed by atoms with Crippen LogP contribution in [0, 0.1) is 11.3 Å². The van der Waals surface area contributed by atoms with Crippen molar-refractivity contribution in [2.24, 2.45) is 11.3 Å². The van der Waals surface area contributed by atoms with Crippen LogP contribution in [0.5, 0.6) is 5.75 Å². The quantitative estimate of drug-likeness (QED) is 0.859. The molecule has 0 unspecified atom stereocenters. The Morgan fingerprint density at radius 2 is 2.00 bits per heavy atom. The third-order valence-electron chi connectivity index (χ3n) is 5.99. The average molecular weight is 315 g/mol. The molecular formula is C18H25N3O2. The molecule has 0 bridgehead atoms. The van der Waals surface area contributed by atoms with Gasteiger partial charge >= 0.3 is 0 Å². The average Bonchev–Trinajstić information content (AvgIpc) is 2.52. The molecule has 1 saturated heterocycles. The monoisotopic (exact) mass is 315 g/mol. The van der Waals surface area contributed by atoms with Crippen molar-refractivity contribution >= 4 is 11.7 Å². The number of ether oxygens (including phenoxy) is 1. The number of anilines is 1. The lowest BCUT2D eigenvalue weighted by atomic mass is 9.51. The molecule has 3 fully saturated rings. The molecule has 3 aliphatic rings. The second-order valence-corrected chi connectivity index (χ2v) is 7.32. The van der Waals surface area contributed by atoms with E-state index < -0.39 is 0 Å². The number of hydrogen-bond donors (Lipinski definition) is 0. The number of piperazine rings is 1. The Morgan fingerprint density at radius 1 is 1.26 bits per heavy atom. The van der Waals surface area contributed by atoms with Crippen LogP contribution in [0.4, 0.5) is 5.82 Å². The zero-order valence-electron chi connectivity index (χ0n) is 13.8. The van der Waals surface area contributed by atoms with E-state index >= 15 is 0 Å². The molecule has 2 saturated carbocycles. The predicted molar refractivity (Wildman–Crippen MR) is 88.6 cm³/mol. The minimum atomic E-state index is 0.303. The highest BCUT2D eigenvalue weighted by Gasteiger charge is 2.51. The van der Waals surface area contributed by atoms with Crippen molar-refractivity contribution in [3.63, 3.8) is 0 Å².